The Morgan fingerprint density at radius 2 is 0.974 bits per heavy atom. The van der Waals surface area contributed by atoms with E-state index in [1.807, 2.05) is 0 Å². The van der Waals surface area contributed by atoms with Gasteiger partial charge in [0.2, 0.25) is 0 Å². The Labute approximate surface area is 229 Å². The number of rotatable bonds is 9. The summed E-state index contributed by atoms with van der Waals surface area (Å²) in [7, 11) is 0. The normalized spacial score (nSPS) is 15.2. The van der Waals surface area contributed by atoms with Gasteiger partial charge in [-0.3, -0.25) is 0 Å². The predicted molar refractivity (Wildman–Crippen MR) is 167 cm³/mol. The van der Waals surface area contributed by atoms with E-state index in [0.717, 1.165) is 0 Å². The second-order valence-electron chi connectivity index (χ2n) is 11.6. The number of hydrogen-bond acceptors (Lipinski definition) is 2. The van der Waals surface area contributed by atoms with E-state index in [1.54, 1.807) is 11.1 Å². The van der Waals surface area contributed by atoms with Crippen LogP contribution in [0.5, 0.6) is 0 Å². The smallest absolute Gasteiger partial charge is 0.0478 e. The molecule has 4 aromatic rings. The lowest BCUT2D eigenvalue weighted by Crippen LogP contribution is -2.31. The Morgan fingerprint density at radius 3 is 1.39 bits per heavy atom. The molecule has 0 spiro atoms. The Hall–Kier alpha value is -3.00. The fourth-order valence-electron chi connectivity index (χ4n) is 7.11. The summed E-state index contributed by atoms with van der Waals surface area (Å²) in [6, 6.07) is 23.6. The van der Waals surface area contributed by atoms with Gasteiger partial charge in [0.15, 0.2) is 0 Å². The second kappa shape index (κ2) is 11.4. The number of hydrogen-bond donors (Lipinski definition) is 0. The predicted octanol–water partition coefficient (Wildman–Crippen LogP) is 9.55. The van der Waals surface area contributed by atoms with Gasteiger partial charge in [-0.2, -0.15) is 0 Å². The van der Waals surface area contributed by atoms with Gasteiger partial charge >= 0.3 is 0 Å². The highest BCUT2D eigenvalue weighted by Crippen LogP contribution is 2.45. The number of anilines is 2. The molecule has 2 aliphatic heterocycles. The van der Waals surface area contributed by atoms with Gasteiger partial charge in [-0.1, -0.05) is 88.1 Å². The first-order valence-corrected chi connectivity index (χ1v) is 15.4. The maximum Gasteiger partial charge on any atom is 0.0478 e. The van der Waals surface area contributed by atoms with Crippen LogP contribution in [-0.2, 0) is 12.8 Å². The van der Waals surface area contributed by atoms with Crippen LogP contribution in [0.2, 0.25) is 0 Å². The van der Waals surface area contributed by atoms with Gasteiger partial charge in [0.25, 0.3) is 0 Å². The molecule has 38 heavy (non-hydrogen) atoms. The minimum atomic E-state index is 1.18. The topological polar surface area (TPSA) is 6.48 Å². The molecular formula is C36H44N2. The molecule has 0 fully saturated rings. The number of nitrogens with zero attached hydrogens (tertiary/aromatic N) is 2. The monoisotopic (exact) mass is 504 g/mol. The third-order valence-corrected chi connectivity index (χ3v) is 8.92. The molecule has 0 atom stereocenters. The van der Waals surface area contributed by atoms with Crippen molar-refractivity contribution in [3.8, 4) is 11.1 Å². The number of aryl methyl sites for hydroxylation is 2. The Morgan fingerprint density at radius 1 is 0.553 bits per heavy atom. The summed E-state index contributed by atoms with van der Waals surface area (Å²) < 4.78 is 0. The molecule has 0 N–H and O–H groups in total. The van der Waals surface area contributed by atoms with Crippen molar-refractivity contribution in [2.75, 3.05) is 36.0 Å². The minimum absolute atomic E-state index is 1.18. The lowest BCUT2D eigenvalue weighted by molar-refractivity contribution is 0.640. The van der Waals surface area contributed by atoms with Gasteiger partial charge in [0, 0.05) is 48.3 Å². The second-order valence-corrected chi connectivity index (χ2v) is 11.6. The molecule has 2 heterocycles. The Kier molecular flexibility index (Phi) is 7.58. The molecule has 2 aliphatic rings. The van der Waals surface area contributed by atoms with Crippen LogP contribution < -0.4 is 9.80 Å². The van der Waals surface area contributed by atoms with Crippen LogP contribution in [0, 0.1) is 0 Å². The Bertz CT molecular complexity index is 1310. The van der Waals surface area contributed by atoms with Crippen LogP contribution >= 0.6 is 0 Å². The van der Waals surface area contributed by atoms with Crippen LogP contribution in [0.4, 0.5) is 11.4 Å². The molecule has 2 heteroatoms. The van der Waals surface area contributed by atoms with E-state index in [2.05, 4.69) is 84.3 Å². The Balaban J connectivity index is 1.52. The van der Waals surface area contributed by atoms with Crippen LogP contribution in [0.1, 0.15) is 76.3 Å². The summed E-state index contributed by atoms with van der Waals surface area (Å²) in [5.74, 6) is 0. The fourth-order valence-corrected chi connectivity index (χ4v) is 7.11. The van der Waals surface area contributed by atoms with Crippen LogP contribution in [0.15, 0.2) is 60.7 Å². The van der Waals surface area contributed by atoms with Crippen LogP contribution in [0.25, 0.3) is 32.7 Å². The molecule has 0 amide bonds. The first kappa shape index (κ1) is 25.3. The zero-order valence-corrected chi connectivity index (χ0v) is 23.6. The summed E-state index contributed by atoms with van der Waals surface area (Å²) in [6.07, 6.45) is 12.7. The van der Waals surface area contributed by atoms with E-state index < -0.39 is 0 Å². The van der Waals surface area contributed by atoms with Crippen molar-refractivity contribution in [1.29, 1.82) is 0 Å². The molecule has 0 aromatic heterocycles. The molecule has 2 nitrogen and oxygen atoms in total. The van der Waals surface area contributed by atoms with Crippen molar-refractivity contribution in [3.63, 3.8) is 0 Å². The van der Waals surface area contributed by atoms with E-state index in [4.69, 9.17) is 0 Å². The van der Waals surface area contributed by atoms with Gasteiger partial charge in [-0.15, -0.1) is 0 Å². The maximum atomic E-state index is 2.69. The highest BCUT2D eigenvalue weighted by molar-refractivity contribution is 6.12. The molecule has 0 saturated heterocycles. The van der Waals surface area contributed by atoms with Crippen molar-refractivity contribution in [2.24, 2.45) is 0 Å². The van der Waals surface area contributed by atoms with Crippen molar-refractivity contribution >= 4 is 32.9 Å². The van der Waals surface area contributed by atoms with Crippen molar-refractivity contribution in [2.45, 2.75) is 78.1 Å². The van der Waals surface area contributed by atoms with E-state index in [9.17, 15) is 0 Å². The maximum absolute atomic E-state index is 2.69. The first-order chi connectivity index (χ1) is 18.8. The molecular weight excluding hydrogens is 460 g/mol. The molecule has 0 bridgehead atoms. The molecule has 0 saturated carbocycles. The number of benzene rings is 4. The molecule has 0 unspecified atom stereocenters. The average Bonchev–Trinajstić information content (AvgIpc) is 2.96. The van der Waals surface area contributed by atoms with Gasteiger partial charge in [-0.25, -0.2) is 0 Å². The summed E-state index contributed by atoms with van der Waals surface area (Å²) in [4.78, 5) is 5.39. The van der Waals surface area contributed by atoms with E-state index >= 15 is 0 Å². The summed E-state index contributed by atoms with van der Waals surface area (Å²) in [6.45, 7) is 9.35. The van der Waals surface area contributed by atoms with Gasteiger partial charge in [0.05, 0.1) is 0 Å². The van der Waals surface area contributed by atoms with Gasteiger partial charge < -0.3 is 9.80 Å². The number of unbranched alkanes of at least 4 members (excludes halogenated alkanes) is 4. The molecule has 198 valence electrons. The van der Waals surface area contributed by atoms with Crippen LogP contribution in [0.3, 0.4) is 0 Å². The summed E-state index contributed by atoms with van der Waals surface area (Å²) >= 11 is 0. The standard InChI is InChI=1S/C36H44N2/c1-3-5-11-21-37-23-13-15-27-25-33(29-17-7-9-19-31(29)35(27)37)34-26-28-16-14-24-38(22-12-6-4-2)36(28)32-20-10-8-18-30(32)34/h7-10,17-20,25-26H,3-6,11-16,21-24H2,1-2H3. The van der Waals surface area contributed by atoms with Gasteiger partial charge in [-0.05, 0) is 83.7 Å². The van der Waals surface area contributed by atoms with Crippen LogP contribution in [-0.4, -0.2) is 26.2 Å². The van der Waals surface area contributed by atoms with Crippen molar-refractivity contribution in [3.05, 3.63) is 71.8 Å². The molecule has 0 aliphatic carbocycles. The third kappa shape index (κ3) is 4.68. The quantitative estimate of drug-likeness (QED) is 0.209. The summed E-state index contributed by atoms with van der Waals surface area (Å²) in [5, 5.41) is 5.71. The van der Waals surface area contributed by atoms with E-state index in [-0.39, 0.29) is 0 Å². The van der Waals surface area contributed by atoms with Crippen molar-refractivity contribution < 1.29 is 0 Å². The van der Waals surface area contributed by atoms with E-state index in [1.165, 1.54) is 134 Å². The minimum Gasteiger partial charge on any atom is -0.371 e. The third-order valence-electron chi connectivity index (χ3n) is 8.92. The molecule has 4 aromatic carbocycles. The first-order valence-electron chi connectivity index (χ1n) is 15.4. The highest BCUT2D eigenvalue weighted by atomic mass is 15.1. The van der Waals surface area contributed by atoms with Crippen molar-refractivity contribution in [1.82, 2.24) is 0 Å². The molecule has 0 radical (unpaired) electrons. The fraction of sp³-hybridized carbons (Fsp3) is 0.444. The average molecular weight is 505 g/mol. The van der Waals surface area contributed by atoms with Gasteiger partial charge in [0.1, 0.15) is 0 Å². The zero-order chi connectivity index (χ0) is 25.9. The number of fused-ring (bicyclic) bond motifs is 6. The molecule has 6 rings (SSSR count). The van der Waals surface area contributed by atoms with E-state index in [0.29, 0.717) is 0 Å². The highest BCUT2D eigenvalue weighted by Gasteiger charge is 2.25. The zero-order valence-electron chi connectivity index (χ0n) is 23.6. The summed E-state index contributed by atoms with van der Waals surface area (Å²) in [5.41, 5.74) is 8.97. The lowest BCUT2D eigenvalue weighted by Gasteiger charge is -2.35. The largest absolute Gasteiger partial charge is 0.371 e. The SMILES string of the molecule is CCCCCN1CCCc2cc(-c3cc4c(c5ccccc35)N(CCCCC)CCC4)c3ccccc3c21. The lowest BCUT2D eigenvalue weighted by atomic mass is 9.85.